The van der Waals surface area contributed by atoms with E-state index in [0.717, 1.165) is 18.1 Å². The van der Waals surface area contributed by atoms with Crippen molar-refractivity contribution in [2.75, 3.05) is 0 Å². The molecule has 4 nitrogen and oxygen atoms in total. The van der Waals surface area contributed by atoms with Gasteiger partial charge in [0.25, 0.3) is 8.32 Å². The maximum Gasteiger partial charge on any atom is 0.319 e. The van der Waals surface area contributed by atoms with E-state index in [1.807, 2.05) is 19.6 Å². The third-order valence-corrected chi connectivity index (χ3v) is 8.62. The van der Waals surface area contributed by atoms with Crippen molar-refractivity contribution in [2.45, 2.75) is 72.4 Å². The average molecular weight is 359 g/mol. The lowest BCUT2D eigenvalue weighted by molar-refractivity contribution is -0.131. The lowest BCUT2D eigenvalue weighted by Gasteiger charge is -2.27. The summed E-state index contributed by atoms with van der Waals surface area (Å²) in [4.78, 5) is 22.2. The highest BCUT2D eigenvalue weighted by atomic mass is 28.4. The molecule has 0 saturated heterocycles. The van der Waals surface area contributed by atoms with Crippen LogP contribution < -0.4 is 0 Å². The number of carbonyl (C=O) groups excluding carboxylic acids is 2. The van der Waals surface area contributed by atoms with Crippen LogP contribution in [-0.2, 0) is 18.4 Å². The molecule has 0 amide bonds. The predicted molar refractivity (Wildman–Crippen MR) is 102 cm³/mol. The first-order chi connectivity index (χ1) is 10.3. The average Bonchev–Trinajstić information content (AvgIpc) is 2.43. The number of hydrogen-bond acceptors (Lipinski definition) is 4. The van der Waals surface area contributed by atoms with E-state index in [0.29, 0.717) is 11.1 Å². The van der Waals surface area contributed by atoms with Crippen molar-refractivity contribution < 1.29 is 18.4 Å². The standard InChI is InChI=1S/C10H20O2Si.C7H14O2Si/c1-6-13(7-2,8-3)12-10(11)9(4)5;1-6(2)7(8)9-10(3,4)5/h4,6-8H2,1-3,5H3;1H2,2-5H3. The van der Waals surface area contributed by atoms with Gasteiger partial charge in [-0.1, -0.05) is 33.9 Å². The van der Waals surface area contributed by atoms with Crippen molar-refractivity contribution in [3.05, 3.63) is 24.3 Å². The molecule has 6 heteroatoms. The number of rotatable bonds is 7. The van der Waals surface area contributed by atoms with Crippen LogP contribution in [0.15, 0.2) is 24.3 Å². The maximum atomic E-state index is 11.3. The van der Waals surface area contributed by atoms with Gasteiger partial charge in [0.15, 0.2) is 0 Å². The van der Waals surface area contributed by atoms with Crippen LogP contribution in [0.1, 0.15) is 34.6 Å². The van der Waals surface area contributed by atoms with Crippen molar-refractivity contribution in [2.24, 2.45) is 0 Å². The lowest BCUT2D eigenvalue weighted by atomic mass is 10.4. The van der Waals surface area contributed by atoms with E-state index < -0.39 is 16.6 Å². The van der Waals surface area contributed by atoms with E-state index in [1.165, 1.54) is 0 Å². The van der Waals surface area contributed by atoms with Gasteiger partial charge in [0, 0.05) is 11.1 Å². The van der Waals surface area contributed by atoms with Gasteiger partial charge in [-0.2, -0.15) is 0 Å². The fourth-order valence-electron chi connectivity index (χ4n) is 1.62. The molecule has 0 unspecified atom stereocenters. The van der Waals surface area contributed by atoms with Crippen LogP contribution in [0.3, 0.4) is 0 Å². The Hall–Kier alpha value is -1.15. The molecular formula is C17H34O4Si2. The van der Waals surface area contributed by atoms with Crippen LogP contribution in [0, 0.1) is 0 Å². The topological polar surface area (TPSA) is 52.6 Å². The van der Waals surface area contributed by atoms with E-state index in [2.05, 4.69) is 33.9 Å². The smallest absolute Gasteiger partial charge is 0.319 e. The van der Waals surface area contributed by atoms with E-state index in [-0.39, 0.29) is 11.9 Å². The molecule has 0 aliphatic heterocycles. The van der Waals surface area contributed by atoms with Gasteiger partial charge >= 0.3 is 11.9 Å². The molecule has 0 heterocycles. The molecule has 0 fully saturated rings. The summed E-state index contributed by atoms with van der Waals surface area (Å²) in [5.41, 5.74) is 0.981. The van der Waals surface area contributed by atoms with Crippen molar-refractivity contribution in [1.82, 2.24) is 0 Å². The predicted octanol–water partition coefficient (Wildman–Crippen LogP) is 5.05. The minimum Gasteiger partial charge on any atom is -0.517 e. The third-order valence-electron chi connectivity index (χ3n) is 3.34. The summed E-state index contributed by atoms with van der Waals surface area (Å²) in [7, 11) is -3.45. The van der Waals surface area contributed by atoms with Crippen molar-refractivity contribution >= 4 is 28.6 Å². The van der Waals surface area contributed by atoms with E-state index >= 15 is 0 Å². The molecule has 0 aromatic carbocycles. The first kappa shape index (κ1) is 24.1. The van der Waals surface area contributed by atoms with Crippen LogP contribution in [0.2, 0.25) is 37.8 Å². The summed E-state index contributed by atoms with van der Waals surface area (Å²) in [5, 5.41) is 0. The van der Waals surface area contributed by atoms with Crippen molar-refractivity contribution in [3.8, 4) is 0 Å². The maximum absolute atomic E-state index is 11.3. The normalized spacial score (nSPS) is 11.0. The molecule has 134 valence electrons. The SMILES string of the molecule is C=C(C)C(=O)O[Si](C)(C)C.C=C(C)C(=O)O[Si](CC)(CC)CC. The highest BCUT2D eigenvalue weighted by Crippen LogP contribution is 2.22. The number of hydrogen-bond donors (Lipinski definition) is 0. The Balaban J connectivity index is 0. The Bertz CT molecular complexity index is 424. The van der Waals surface area contributed by atoms with Gasteiger partial charge in [-0.15, -0.1) is 0 Å². The summed E-state index contributed by atoms with van der Waals surface area (Å²) in [6, 6.07) is 3.00. The molecule has 0 radical (unpaired) electrons. The zero-order valence-electron chi connectivity index (χ0n) is 16.2. The fourth-order valence-corrected chi connectivity index (χ4v) is 4.85. The van der Waals surface area contributed by atoms with Crippen LogP contribution >= 0.6 is 0 Å². The fraction of sp³-hybridized carbons (Fsp3) is 0.647. The van der Waals surface area contributed by atoms with Gasteiger partial charge in [-0.3, -0.25) is 0 Å². The molecule has 0 aromatic rings. The molecule has 0 spiro atoms. The zero-order valence-corrected chi connectivity index (χ0v) is 18.2. The van der Waals surface area contributed by atoms with Crippen molar-refractivity contribution in [1.29, 1.82) is 0 Å². The highest BCUT2D eigenvalue weighted by Gasteiger charge is 2.32. The van der Waals surface area contributed by atoms with E-state index in [1.54, 1.807) is 13.8 Å². The molecule has 0 aliphatic carbocycles. The summed E-state index contributed by atoms with van der Waals surface area (Å²) < 4.78 is 10.6. The second-order valence-corrected chi connectivity index (χ2v) is 15.8. The summed E-state index contributed by atoms with van der Waals surface area (Å²) in [6.45, 7) is 22.6. The Labute approximate surface area is 144 Å². The van der Waals surface area contributed by atoms with Gasteiger partial charge in [-0.05, 0) is 51.6 Å². The molecule has 23 heavy (non-hydrogen) atoms. The Kier molecular flexibility index (Phi) is 11.1. The Morgan fingerprint density at radius 2 is 1.09 bits per heavy atom. The molecular weight excluding hydrogens is 324 g/mol. The van der Waals surface area contributed by atoms with Gasteiger partial charge < -0.3 is 8.85 Å². The molecule has 0 N–H and O–H groups in total. The van der Waals surface area contributed by atoms with Gasteiger partial charge in [0.05, 0.1) is 0 Å². The minimum absolute atomic E-state index is 0.211. The third kappa shape index (κ3) is 11.1. The first-order valence-electron chi connectivity index (χ1n) is 8.11. The quantitative estimate of drug-likeness (QED) is 0.472. The Morgan fingerprint density at radius 1 is 0.783 bits per heavy atom. The first-order valence-corrected chi connectivity index (χ1v) is 14.1. The molecule has 0 rings (SSSR count). The summed E-state index contributed by atoms with van der Waals surface area (Å²) >= 11 is 0. The Morgan fingerprint density at radius 3 is 1.26 bits per heavy atom. The van der Waals surface area contributed by atoms with Gasteiger partial charge in [0.2, 0.25) is 8.32 Å². The van der Waals surface area contributed by atoms with Crippen LogP contribution in [-0.4, -0.2) is 28.6 Å². The van der Waals surface area contributed by atoms with Crippen molar-refractivity contribution in [3.63, 3.8) is 0 Å². The van der Waals surface area contributed by atoms with E-state index in [9.17, 15) is 9.59 Å². The number of carbonyl (C=O) groups is 2. The largest absolute Gasteiger partial charge is 0.517 e. The highest BCUT2D eigenvalue weighted by molar-refractivity contribution is 6.75. The monoisotopic (exact) mass is 358 g/mol. The second kappa shape index (κ2) is 10.6. The summed E-state index contributed by atoms with van der Waals surface area (Å²) in [5.74, 6) is -0.476. The second-order valence-electron chi connectivity index (χ2n) is 6.70. The van der Waals surface area contributed by atoms with Crippen LogP contribution in [0.25, 0.3) is 0 Å². The summed E-state index contributed by atoms with van der Waals surface area (Å²) in [6.07, 6.45) is 0. The van der Waals surface area contributed by atoms with E-state index in [4.69, 9.17) is 8.85 Å². The van der Waals surface area contributed by atoms with Crippen LogP contribution in [0.5, 0.6) is 0 Å². The molecule has 0 aliphatic rings. The molecule has 0 bridgehead atoms. The molecule has 0 aromatic heterocycles. The lowest BCUT2D eigenvalue weighted by Crippen LogP contribution is -2.38. The minimum atomic E-state index is -1.75. The molecule has 0 saturated carbocycles. The van der Waals surface area contributed by atoms with Gasteiger partial charge in [0.1, 0.15) is 0 Å². The molecule has 0 atom stereocenters. The van der Waals surface area contributed by atoms with Crippen LogP contribution in [0.4, 0.5) is 0 Å². The zero-order chi connectivity index (χ0) is 18.8. The van der Waals surface area contributed by atoms with Gasteiger partial charge in [-0.25, -0.2) is 9.59 Å².